The molecule has 0 aliphatic heterocycles. The number of thioether (sulfide) groups is 1. The largest absolute Gasteiger partial charge is 0.125 e. The predicted octanol–water partition coefficient (Wildman–Crippen LogP) is 3.95. The molecule has 1 aromatic carbocycles. The smallest absolute Gasteiger partial charge is 0.0311 e. The maximum atomic E-state index is 5.17. The quantitative estimate of drug-likeness (QED) is 0.446. The van der Waals surface area contributed by atoms with Crippen molar-refractivity contribution < 1.29 is 0 Å². The van der Waals surface area contributed by atoms with Crippen LogP contribution in [0.2, 0.25) is 0 Å². The first-order valence-corrected chi connectivity index (χ1v) is 5.93. The second kappa shape index (κ2) is 6.12. The van der Waals surface area contributed by atoms with Crippen LogP contribution in [-0.4, -0.2) is 5.75 Å². The fraction of sp³-hybridized carbons (Fsp3) is 0.273. The first-order valence-electron chi connectivity index (χ1n) is 4.15. The zero-order chi connectivity index (χ0) is 9.52. The van der Waals surface area contributed by atoms with Crippen molar-refractivity contribution in [3.63, 3.8) is 0 Å². The Morgan fingerprint density at radius 3 is 2.85 bits per heavy atom. The summed E-state index contributed by atoms with van der Waals surface area (Å²) in [6.45, 7) is 0. The number of hydrogen-bond acceptors (Lipinski definition) is 1. The molecule has 0 aliphatic rings. The van der Waals surface area contributed by atoms with Crippen molar-refractivity contribution in [3.05, 3.63) is 28.7 Å². The molecule has 1 aromatic rings. The normalized spacial score (nSPS) is 9.54. The molecule has 2 heteroatoms. The van der Waals surface area contributed by atoms with Gasteiger partial charge in [-0.2, -0.15) is 0 Å². The van der Waals surface area contributed by atoms with Crippen molar-refractivity contribution in [2.75, 3.05) is 5.75 Å². The van der Waals surface area contributed by atoms with Gasteiger partial charge in [0.15, 0.2) is 0 Å². The summed E-state index contributed by atoms with van der Waals surface area (Å²) >= 11 is 5.35. The van der Waals surface area contributed by atoms with Gasteiger partial charge in [0.05, 0.1) is 0 Å². The monoisotopic (exact) mass is 254 g/mol. The van der Waals surface area contributed by atoms with Crippen LogP contribution in [-0.2, 0) is 0 Å². The summed E-state index contributed by atoms with van der Waals surface area (Å²) in [4.78, 5) is 1.29. The Morgan fingerprint density at radius 2 is 2.15 bits per heavy atom. The number of halogens is 1. The summed E-state index contributed by atoms with van der Waals surface area (Å²) in [6, 6.07) is 8.25. The van der Waals surface area contributed by atoms with Gasteiger partial charge < -0.3 is 0 Å². The van der Waals surface area contributed by atoms with E-state index in [0.29, 0.717) is 0 Å². The van der Waals surface area contributed by atoms with Gasteiger partial charge in [-0.15, -0.1) is 24.1 Å². The minimum atomic E-state index is 0.872. The fourth-order valence-electron chi connectivity index (χ4n) is 0.918. The molecule has 0 heterocycles. The van der Waals surface area contributed by atoms with Gasteiger partial charge in [0.1, 0.15) is 0 Å². The van der Waals surface area contributed by atoms with Gasteiger partial charge in [-0.05, 0) is 40.2 Å². The van der Waals surface area contributed by atoms with Crippen molar-refractivity contribution in [1.29, 1.82) is 0 Å². The molecule has 0 atom stereocenters. The average molecular weight is 255 g/mol. The molecule has 1 rings (SSSR count). The van der Waals surface area contributed by atoms with E-state index < -0.39 is 0 Å². The number of unbranched alkanes of at least 4 members (excludes halogenated alkanes) is 1. The number of hydrogen-bond donors (Lipinski definition) is 0. The van der Waals surface area contributed by atoms with E-state index in [1.54, 1.807) is 0 Å². The third kappa shape index (κ3) is 3.89. The molecule has 0 spiro atoms. The Kier molecular flexibility index (Phi) is 5.03. The summed E-state index contributed by atoms with van der Waals surface area (Å²) in [5, 5.41) is 0. The second-order valence-electron chi connectivity index (χ2n) is 2.59. The van der Waals surface area contributed by atoms with Crippen LogP contribution in [0.3, 0.4) is 0 Å². The molecule has 0 radical (unpaired) electrons. The Bertz CT molecular complexity index is 301. The third-order valence-corrected chi connectivity index (χ3v) is 3.67. The molecule has 0 unspecified atom stereocenters. The summed E-state index contributed by atoms with van der Waals surface area (Å²) in [7, 11) is 0. The van der Waals surface area contributed by atoms with E-state index in [1.807, 2.05) is 23.9 Å². The van der Waals surface area contributed by atoms with Gasteiger partial charge in [-0.1, -0.05) is 12.1 Å². The fourth-order valence-corrected chi connectivity index (χ4v) is 2.44. The Balaban J connectivity index is 2.37. The van der Waals surface area contributed by atoms with Gasteiger partial charge in [0.25, 0.3) is 0 Å². The lowest BCUT2D eigenvalue weighted by atomic mass is 10.4. The molecule has 0 aromatic heterocycles. The zero-order valence-electron chi connectivity index (χ0n) is 7.29. The number of benzene rings is 1. The molecular formula is C11H11BrS. The Morgan fingerprint density at radius 1 is 1.38 bits per heavy atom. The van der Waals surface area contributed by atoms with Crippen molar-refractivity contribution in [1.82, 2.24) is 0 Å². The summed E-state index contributed by atoms with van der Waals surface area (Å²) in [5.41, 5.74) is 0. The molecule has 0 fully saturated rings. The molecule has 13 heavy (non-hydrogen) atoms. The zero-order valence-corrected chi connectivity index (χ0v) is 9.70. The maximum Gasteiger partial charge on any atom is 0.0311 e. The first-order chi connectivity index (χ1) is 6.34. The number of terminal acetylenes is 1. The molecule has 0 amide bonds. The lowest BCUT2D eigenvalue weighted by molar-refractivity contribution is 0.997. The van der Waals surface area contributed by atoms with E-state index in [9.17, 15) is 0 Å². The van der Waals surface area contributed by atoms with Crippen LogP contribution in [0.25, 0.3) is 0 Å². The van der Waals surface area contributed by atoms with E-state index in [1.165, 1.54) is 9.37 Å². The SMILES string of the molecule is C#CCCCSc1ccccc1Br. The minimum Gasteiger partial charge on any atom is -0.125 e. The highest BCUT2D eigenvalue weighted by atomic mass is 79.9. The highest BCUT2D eigenvalue weighted by Crippen LogP contribution is 2.27. The van der Waals surface area contributed by atoms with Crippen molar-refractivity contribution >= 4 is 27.7 Å². The van der Waals surface area contributed by atoms with Crippen molar-refractivity contribution in [2.24, 2.45) is 0 Å². The topological polar surface area (TPSA) is 0 Å². The average Bonchev–Trinajstić information content (AvgIpc) is 2.15. The molecule has 68 valence electrons. The van der Waals surface area contributed by atoms with E-state index in [0.717, 1.165) is 18.6 Å². The van der Waals surface area contributed by atoms with E-state index in [2.05, 4.69) is 34.0 Å². The van der Waals surface area contributed by atoms with Gasteiger partial charge in [0, 0.05) is 15.8 Å². The van der Waals surface area contributed by atoms with Gasteiger partial charge >= 0.3 is 0 Å². The van der Waals surface area contributed by atoms with Gasteiger partial charge in [-0.25, -0.2) is 0 Å². The molecule has 0 saturated heterocycles. The van der Waals surface area contributed by atoms with E-state index >= 15 is 0 Å². The highest BCUT2D eigenvalue weighted by Gasteiger charge is 1.97. The van der Waals surface area contributed by atoms with Gasteiger partial charge in [-0.3, -0.25) is 0 Å². The van der Waals surface area contributed by atoms with Crippen LogP contribution in [0.15, 0.2) is 33.6 Å². The van der Waals surface area contributed by atoms with E-state index in [4.69, 9.17) is 6.42 Å². The van der Waals surface area contributed by atoms with Crippen molar-refractivity contribution in [3.8, 4) is 12.3 Å². The Labute approximate surface area is 92.2 Å². The molecule has 0 saturated carbocycles. The molecule has 0 nitrogen and oxygen atoms in total. The molecular weight excluding hydrogens is 244 g/mol. The van der Waals surface area contributed by atoms with Crippen molar-refractivity contribution in [2.45, 2.75) is 17.7 Å². The van der Waals surface area contributed by atoms with Crippen LogP contribution in [0.5, 0.6) is 0 Å². The lowest BCUT2D eigenvalue weighted by Crippen LogP contribution is -1.79. The van der Waals surface area contributed by atoms with Gasteiger partial charge in [0.2, 0.25) is 0 Å². The predicted molar refractivity (Wildman–Crippen MR) is 62.9 cm³/mol. The molecule has 0 aliphatic carbocycles. The lowest BCUT2D eigenvalue weighted by Gasteiger charge is -2.01. The highest BCUT2D eigenvalue weighted by molar-refractivity contribution is 9.10. The maximum absolute atomic E-state index is 5.17. The third-order valence-electron chi connectivity index (χ3n) is 1.56. The van der Waals surface area contributed by atoms with Crippen LogP contribution < -0.4 is 0 Å². The first kappa shape index (κ1) is 10.7. The van der Waals surface area contributed by atoms with Crippen LogP contribution >= 0.6 is 27.7 Å². The standard InChI is InChI=1S/C11H11BrS/c1-2-3-6-9-13-11-8-5-4-7-10(11)12/h1,4-5,7-8H,3,6,9H2. The molecule has 0 bridgehead atoms. The summed E-state index contributed by atoms with van der Waals surface area (Å²) < 4.78 is 1.17. The summed E-state index contributed by atoms with van der Waals surface area (Å²) in [5.74, 6) is 3.73. The van der Waals surface area contributed by atoms with Crippen LogP contribution in [0.4, 0.5) is 0 Å². The second-order valence-corrected chi connectivity index (χ2v) is 4.58. The van der Waals surface area contributed by atoms with Crippen LogP contribution in [0.1, 0.15) is 12.8 Å². The number of rotatable bonds is 4. The minimum absolute atomic E-state index is 0.872. The molecule has 0 N–H and O–H groups in total. The summed E-state index contributed by atoms with van der Waals surface area (Å²) in [6.07, 6.45) is 7.13. The van der Waals surface area contributed by atoms with Crippen LogP contribution in [0, 0.1) is 12.3 Å². The Hall–Kier alpha value is -0.390. The van der Waals surface area contributed by atoms with E-state index in [-0.39, 0.29) is 0 Å².